The average molecular weight is 648 g/mol. The number of ether oxygens (including phenoxy) is 1. The van der Waals surface area contributed by atoms with Crippen molar-refractivity contribution in [3.63, 3.8) is 0 Å². The number of benzene rings is 2. The number of hydrogen-bond donors (Lipinski definition) is 3. The first-order valence-electron chi connectivity index (χ1n) is 14.7. The number of nitrogens with zero attached hydrogens (tertiary/aromatic N) is 3. The van der Waals surface area contributed by atoms with Gasteiger partial charge in [-0.2, -0.15) is 23.1 Å². The Morgan fingerprint density at radius 2 is 1.91 bits per heavy atom. The third-order valence-electron chi connectivity index (χ3n) is 8.56. The number of aryl methyl sites for hydroxylation is 1. The number of sulfone groups is 1. The first-order chi connectivity index (χ1) is 21.2. The van der Waals surface area contributed by atoms with Gasteiger partial charge in [0, 0.05) is 37.5 Å². The summed E-state index contributed by atoms with van der Waals surface area (Å²) < 4.78 is 74.6. The number of rotatable bonds is 9. The molecule has 5 rings (SSSR count). The molecular weight excluding hydrogens is 611 g/mol. The lowest BCUT2D eigenvalue weighted by molar-refractivity contribution is -0.198. The fraction of sp³-hybridized carbons (Fsp3) is 0.452. The third-order valence-corrected chi connectivity index (χ3v) is 9.67. The molecule has 3 aromatic rings. The van der Waals surface area contributed by atoms with Gasteiger partial charge in [-0.25, -0.2) is 8.42 Å². The smallest absolute Gasteiger partial charge is 0.429 e. The van der Waals surface area contributed by atoms with Gasteiger partial charge in [-0.3, -0.25) is 4.79 Å². The van der Waals surface area contributed by atoms with Crippen molar-refractivity contribution in [2.45, 2.75) is 62.2 Å². The Hall–Kier alpha value is -3.91. The molecular formula is C31H36F3N5O5S. The molecule has 2 fully saturated rings. The van der Waals surface area contributed by atoms with E-state index in [2.05, 4.69) is 15.3 Å². The molecule has 4 N–H and O–H groups in total. The number of hydrogen-bond acceptors (Lipinski definition) is 9. The molecule has 2 saturated heterocycles. The van der Waals surface area contributed by atoms with Gasteiger partial charge >= 0.3 is 12.1 Å². The largest absolute Gasteiger partial charge is 0.480 e. The van der Waals surface area contributed by atoms with Crippen LogP contribution in [-0.4, -0.2) is 67.6 Å². The molecule has 1 unspecified atom stereocenters. The predicted molar refractivity (Wildman–Crippen MR) is 163 cm³/mol. The first-order valence-corrected chi connectivity index (χ1v) is 16.6. The molecule has 0 saturated carbocycles. The van der Waals surface area contributed by atoms with Crippen LogP contribution in [0.1, 0.15) is 49.8 Å². The van der Waals surface area contributed by atoms with Gasteiger partial charge in [0.2, 0.25) is 17.9 Å². The average Bonchev–Trinajstić information content (AvgIpc) is 3.39. The summed E-state index contributed by atoms with van der Waals surface area (Å²) in [6.07, 6.45) is -3.19. The van der Waals surface area contributed by atoms with Crippen LogP contribution in [0.2, 0.25) is 0 Å². The van der Waals surface area contributed by atoms with Crippen molar-refractivity contribution in [3.05, 3.63) is 59.7 Å². The zero-order valence-electron chi connectivity index (χ0n) is 25.0. The maximum atomic E-state index is 14.8. The molecule has 0 bridgehead atoms. The number of aromatic nitrogens is 2. The fourth-order valence-electron chi connectivity index (χ4n) is 6.19. The highest BCUT2D eigenvalue weighted by Crippen LogP contribution is 2.43. The summed E-state index contributed by atoms with van der Waals surface area (Å²) in [5.74, 6) is -1.18. The standard InChI is InChI=1S/C31H36F3N5O5S/c1-3-5-19-8-9-22(20-6-4-7-21(15-20)45(2,42)43)23(14-19)27(31(32,33)34)44-26-16-25(37-29(35)38-26)39-12-10-30(11-13-39)17-24(28(40)41)36-18-30/h4,6-9,14-16,24,27,36H,3,5,10-13,17-18H2,1-2H3,(H,40,41)(H2,35,37,38)/t24-,27?/m0/s1. The van der Waals surface area contributed by atoms with Gasteiger partial charge < -0.3 is 25.8 Å². The van der Waals surface area contributed by atoms with E-state index in [1.807, 2.05) is 11.8 Å². The van der Waals surface area contributed by atoms with Crippen molar-refractivity contribution in [1.82, 2.24) is 15.3 Å². The van der Waals surface area contributed by atoms with Gasteiger partial charge in [0.1, 0.15) is 11.9 Å². The summed E-state index contributed by atoms with van der Waals surface area (Å²) in [6.45, 7) is 3.51. The normalized spacial score (nSPS) is 19.0. The van der Waals surface area contributed by atoms with Crippen LogP contribution < -0.4 is 20.7 Å². The van der Waals surface area contributed by atoms with Gasteiger partial charge in [0.05, 0.1) is 4.90 Å². The van der Waals surface area contributed by atoms with Crippen molar-refractivity contribution in [3.8, 4) is 17.0 Å². The number of carboxylic acid groups (broad SMARTS) is 1. The van der Waals surface area contributed by atoms with E-state index in [1.54, 1.807) is 18.2 Å². The minimum absolute atomic E-state index is 0.0172. The number of halogens is 3. The highest BCUT2D eigenvalue weighted by molar-refractivity contribution is 7.90. The Morgan fingerprint density at radius 1 is 1.18 bits per heavy atom. The number of nitrogens with one attached hydrogen (secondary N) is 1. The van der Waals surface area contributed by atoms with Gasteiger partial charge in [-0.05, 0) is 59.9 Å². The summed E-state index contributed by atoms with van der Waals surface area (Å²) in [6, 6.07) is 11.3. The highest BCUT2D eigenvalue weighted by Gasteiger charge is 2.46. The monoisotopic (exact) mass is 647 g/mol. The molecule has 45 heavy (non-hydrogen) atoms. The molecule has 14 heteroatoms. The van der Waals surface area contributed by atoms with E-state index in [4.69, 9.17) is 10.5 Å². The second kappa shape index (κ2) is 12.5. The number of nitrogens with two attached hydrogens (primary N) is 1. The van der Waals surface area contributed by atoms with Crippen LogP contribution >= 0.6 is 0 Å². The third kappa shape index (κ3) is 7.33. The molecule has 3 heterocycles. The second-order valence-electron chi connectivity index (χ2n) is 11.9. The van der Waals surface area contributed by atoms with Crippen molar-refractivity contribution in [2.24, 2.45) is 5.41 Å². The Kier molecular flexibility index (Phi) is 9.00. The second-order valence-corrected chi connectivity index (χ2v) is 13.9. The molecule has 242 valence electrons. The fourth-order valence-corrected chi connectivity index (χ4v) is 6.86. The molecule has 2 aliphatic rings. The molecule has 0 amide bonds. The van der Waals surface area contributed by atoms with Crippen molar-refractivity contribution < 1.29 is 36.2 Å². The maximum Gasteiger partial charge on any atom is 0.429 e. The molecule has 2 aliphatic heterocycles. The summed E-state index contributed by atoms with van der Waals surface area (Å²) in [7, 11) is -3.61. The molecule has 2 atom stereocenters. The van der Waals surface area contributed by atoms with Crippen LogP contribution in [0.25, 0.3) is 11.1 Å². The van der Waals surface area contributed by atoms with Gasteiger partial charge in [-0.1, -0.05) is 43.7 Å². The van der Waals surface area contributed by atoms with Gasteiger partial charge in [0.15, 0.2) is 9.84 Å². The summed E-state index contributed by atoms with van der Waals surface area (Å²) in [4.78, 5) is 21.5. The Balaban J connectivity index is 1.47. The number of piperidine rings is 1. The molecule has 1 spiro atoms. The topological polar surface area (TPSA) is 148 Å². The number of aliphatic carboxylic acids is 1. The van der Waals surface area contributed by atoms with E-state index in [-0.39, 0.29) is 33.3 Å². The zero-order chi connectivity index (χ0) is 32.6. The Morgan fingerprint density at radius 3 is 2.53 bits per heavy atom. The van der Waals surface area contributed by atoms with Crippen LogP contribution in [-0.2, 0) is 21.1 Å². The first kappa shape index (κ1) is 32.5. The van der Waals surface area contributed by atoms with E-state index >= 15 is 0 Å². The number of carbonyl (C=O) groups is 1. The molecule has 2 aromatic carbocycles. The Bertz CT molecular complexity index is 1680. The number of alkyl halides is 3. The van der Waals surface area contributed by atoms with Crippen molar-refractivity contribution >= 4 is 27.6 Å². The number of anilines is 2. The van der Waals surface area contributed by atoms with E-state index in [9.17, 15) is 31.5 Å². The molecule has 0 aliphatic carbocycles. The van der Waals surface area contributed by atoms with E-state index in [0.717, 1.165) is 6.26 Å². The van der Waals surface area contributed by atoms with Crippen molar-refractivity contribution in [2.75, 3.05) is 36.5 Å². The van der Waals surface area contributed by atoms with Gasteiger partial charge in [-0.15, -0.1) is 0 Å². The van der Waals surface area contributed by atoms with Crippen LogP contribution in [0.4, 0.5) is 24.9 Å². The zero-order valence-corrected chi connectivity index (χ0v) is 25.8. The minimum atomic E-state index is -4.87. The quantitative estimate of drug-likeness (QED) is 0.296. The summed E-state index contributed by atoms with van der Waals surface area (Å²) in [5, 5.41) is 12.4. The van der Waals surface area contributed by atoms with E-state index in [0.29, 0.717) is 68.7 Å². The molecule has 1 aromatic heterocycles. The molecule has 0 radical (unpaired) electrons. The van der Waals surface area contributed by atoms with Crippen LogP contribution in [0.5, 0.6) is 5.88 Å². The van der Waals surface area contributed by atoms with Crippen LogP contribution in [0, 0.1) is 5.41 Å². The minimum Gasteiger partial charge on any atom is -0.480 e. The SMILES string of the molecule is CCCc1ccc(-c2cccc(S(C)(=O)=O)c2)c(C(Oc2cc(N3CCC4(CC3)CN[C@H](C(=O)O)C4)nc(N)n2)C(F)(F)F)c1. The van der Waals surface area contributed by atoms with Crippen LogP contribution in [0.15, 0.2) is 53.4 Å². The summed E-state index contributed by atoms with van der Waals surface area (Å²) in [5.41, 5.74) is 6.75. The lowest BCUT2D eigenvalue weighted by Gasteiger charge is -2.39. The lowest BCUT2D eigenvalue weighted by atomic mass is 9.76. The van der Waals surface area contributed by atoms with Crippen LogP contribution in [0.3, 0.4) is 0 Å². The summed E-state index contributed by atoms with van der Waals surface area (Å²) >= 11 is 0. The number of carboxylic acids is 1. The maximum absolute atomic E-state index is 14.8. The Labute approximate surface area is 259 Å². The lowest BCUT2D eigenvalue weighted by Crippen LogP contribution is -2.41. The highest BCUT2D eigenvalue weighted by atomic mass is 32.2. The number of nitrogen functional groups attached to an aromatic ring is 1. The molecule has 10 nitrogen and oxygen atoms in total. The van der Waals surface area contributed by atoms with Crippen molar-refractivity contribution in [1.29, 1.82) is 0 Å². The van der Waals surface area contributed by atoms with E-state index < -0.39 is 34.1 Å². The van der Waals surface area contributed by atoms with Gasteiger partial charge in [0.25, 0.3) is 0 Å². The predicted octanol–water partition coefficient (Wildman–Crippen LogP) is 4.80. The van der Waals surface area contributed by atoms with E-state index in [1.165, 1.54) is 30.3 Å².